The fourth-order valence-electron chi connectivity index (χ4n) is 2.07. The molecular weight excluding hydrogens is 240 g/mol. The Balaban J connectivity index is 2.05. The van der Waals surface area contributed by atoms with E-state index in [1.54, 1.807) is 17.0 Å². The van der Waals surface area contributed by atoms with Crippen molar-refractivity contribution in [3.8, 4) is 17.5 Å². The molecule has 5 heteroatoms. The van der Waals surface area contributed by atoms with Gasteiger partial charge in [0.05, 0.1) is 6.26 Å². The summed E-state index contributed by atoms with van der Waals surface area (Å²) in [5, 5.41) is 17.0. The van der Waals surface area contributed by atoms with Gasteiger partial charge in [-0.25, -0.2) is 4.68 Å². The smallest absolute Gasteiger partial charge is 0.193 e. The number of furan rings is 1. The fourth-order valence-corrected chi connectivity index (χ4v) is 2.07. The average molecular weight is 258 g/mol. The van der Waals surface area contributed by atoms with Crippen molar-refractivity contribution in [2.75, 3.05) is 0 Å². The lowest BCUT2D eigenvalue weighted by molar-refractivity contribution is 0.513. The first kappa shape index (κ1) is 13.3. The van der Waals surface area contributed by atoms with E-state index in [2.05, 4.69) is 23.3 Å². The van der Waals surface area contributed by atoms with Crippen LogP contribution in [0.4, 0.5) is 0 Å². The highest BCUT2D eigenvalue weighted by Gasteiger charge is 2.16. The van der Waals surface area contributed by atoms with Crippen LogP contribution in [0.1, 0.15) is 44.7 Å². The maximum Gasteiger partial charge on any atom is 0.193 e. The minimum Gasteiger partial charge on any atom is -0.463 e. The molecule has 0 fully saturated rings. The molecule has 0 atom stereocenters. The van der Waals surface area contributed by atoms with E-state index in [0.29, 0.717) is 17.1 Å². The number of aromatic nitrogens is 3. The predicted octanol–water partition coefficient (Wildman–Crippen LogP) is 3.38. The number of nitrogens with zero attached hydrogens (tertiary/aromatic N) is 4. The van der Waals surface area contributed by atoms with E-state index in [1.165, 1.54) is 25.7 Å². The fraction of sp³-hybridized carbons (Fsp3) is 0.500. The highest BCUT2D eigenvalue weighted by Crippen LogP contribution is 2.22. The van der Waals surface area contributed by atoms with Crippen LogP contribution in [-0.4, -0.2) is 15.0 Å². The third-order valence-corrected chi connectivity index (χ3v) is 3.07. The van der Waals surface area contributed by atoms with Crippen LogP contribution in [-0.2, 0) is 6.54 Å². The number of nitriles is 1. The molecule has 2 rings (SSSR count). The molecule has 0 saturated heterocycles. The summed E-state index contributed by atoms with van der Waals surface area (Å²) in [4.78, 5) is 0. The van der Waals surface area contributed by atoms with Crippen molar-refractivity contribution in [1.29, 1.82) is 5.26 Å². The van der Waals surface area contributed by atoms with Gasteiger partial charge in [0.2, 0.25) is 0 Å². The molecule has 0 aliphatic carbocycles. The van der Waals surface area contributed by atoms with Gasteiger partial charge in [-0.15, -0.1) is 5.10 Å². The molecule has 0 N–H and O–H groups in total. The Kier molecular flexibility index (Phi) is 4.73. The Hall–Kier alpha value is -2.09. The molecule has 100 valence electrons. The van der Waals surface area contributed by atoms with Gasteiger partial charge in [0.15, 0.2) is 11.5 Å². The lowest BCUT2D eigenvalue weighted by Crippen LogP contribution is -2.02. The van der Waals surface area contributed by atoms with Gasteiger partial charge in [0, 0.05) is 6.54 Å². The van der Waals surface area contributed by atoms with Gasteiger partial charge in [0.25, 0.3) is 0 Å². The zero-order valence-electron chi connectivity index (χ0n) is 11.2. The number of unbranched alkanes of at least 4 members (excludes halogenated alkanes) is 4. The van der Waals surface area contributed by atoms with Crippen molar-refractivity contribution in [3.63, 3.8) is 0 Å². The Morgan fingerprint density at radius 1 is 1.32 bits per heavy atom. The molecule has 0 aromatic carbocycles. The number of rotatable bonds is 7. The van der Waals surface area contributed by atoms with E-state index in [9.17, 15) is 0 Å². The van der Waals surface area contributed by atoms with Gasteiger partial charge in [-0.05, 0) is 18.6 Å². The molecule has 19 heavy (non-hydrogen) atoms. The molecule has 0 aliphatic rings. The largest absolute Gasteiger partial charge is 0.463 e. The minimum absolute atomic E-state index is 0.323. The standard InChI is InChI=1S/C14H18N4O/c1-2-3-4-5-6-9-18-14(12(11-15)16-17-18)13-8-7-10-19-13/h7-8,10H,2-6,9H2,1H3. The van der Waals surface area contributed by atoms with Crippen LogP contribution in [0.5, 0.6) is 0 Å². The van der Waals surface area contributed by atoms with Crippen LogP contribution in [0.15, 0.2) is 22.8 Å². The maximum atomic E-state index is 9.06. The van der Waals surface area contributed by atoms with Gasteiger partial charge >= 0.3 is 0 Å². The van der Waals surface area contributed by atoms with Crippen molar-refractivity contribution < 1.29 is 4.42 Å². The zero-order valence-corrected chi connectivity index (χ0v) is 11.2. The third-order valence-electron chi connectivity index (χ3n) is 3.07. The molecule has 2 aromatic rings. The van der Waals surface area contributed by atoms with Gasteiger partial charge < -0.3 is 4.42 Å². The van der Waals surface area contributed by atoms with Crippen molar-refractivity contribution in [2.45, 2.75) is 45.6 Å². The molecule has 0 saturated carbocycles. The van der Waals surface area contributed by atoms with Crippen LogP contribution < -0.4 is 0 Å². The molecule has 2 heterocycles. The topological polar surface area (TPSA) is 67.6 Å². The average Bonchev–Trinajstić information content (AvgIpc) is 3.06. The van der Waals surface area contributed by atoms with Crippen LogP contribution in [0.25, 0.3) is 11.5 Å². The predicted molar refractivity (Wildman–Crippen MR) is 71.2 cm³/mol. The highest BCUT2D eigenvalue weighted by atomic mass is 16.3. The van der Waals surface area contributed by atoms with Crippen molar-refractivity contribution in [1.82, 2.24) is 15.0 Å². The first-order valence-electron chi connectivity index (χ1n) is 6.74. The van der Waals surface area contributed by atoms with Crippen LogP contribution in [0.2, 0.25) is 0 Å². The van der Waals surface area contributed by atoms with Crippen LogP contribution >= 0.6 is 0 Å². The maximum absolute atomic E-state index is 9.06. The van der Waals surface area contributed by atoms with E-state index < -0.39 is 0 Å². The van der Waals surface area contributed by atoms with E-state index >= 15 is 0 Å². The second-order valence-electron chi connectivity index (χ2n) is 4.51. The summed E-state index contributed by atoms with van der Waals surface area (Å²) >= 11 is 0. The van der Waals surface area contributed by atoms with Crippen molar-refractivity contribution in [3.05, 3.63) is 24.1 Å². The molecule has 0 radical (unpaired) electrons. The molecular formula is C14H18N4O. The lowest BCUT2D eigenvalue weighted by atomic mass is 10.1. The molecule has 2 aromatic heterocycles. The molecule has 5 nitrogen and oxygen atoms in total. The summed E-state index contributed by atoms with van der Waals surface area (Å²) in [7, 11) is 0. The van der Waals surface area contributed by atoms with Crippen LogP contribution in [0, 0.1) is 11.3 Å². The van der Waals surface area contributed by atoms with Gasteiger partial charge in [-0.1, -0.05) is 37.8 Å². The molecule has 0 spiro atoms. The summed E-state index contributed by atoms with van der Waals surface area (Å²) in [6, 6.07) is 5.69. The van der Waals surface area contributed by atoms with Gasteiger partial charge in [-0.3, -0.25) is 0 Å². The van der Waals surface area contributed by atoms with Crippen molar-refractivity contribution in [2.24, 2.45) is 0 Å². The SMILES string of the molecule is CCCCCCCn1nnc(C#N)c1-c1ccco1. The monoisotopic (exact) mass is 258 g/mol. The molecule has 0 aliphatic heterocycles. The van der Waals surface area contributed by atoms with E-state index in [1.807, 2.05) is 6.07 Å². The zero-order chi connectivity index (χ0) is 13.5. The van der Waals surface area contributed by atoms with E-state index in [0.717, 1.165) is 13.0 Å². The third kappa shape index (κ3) is 3.22. The molecule has 0 amide bonds. The summed E-state index contributed by atoms with van der Waals surface area (Å²) in [6.07, 6.45) is 7.56. The Morgan fingerprint density at radius 2 is 2.16 bits per heavy atom. The minimum atomic E-state index is 0.323. The molecule has 0 bridgehead atoms. The van der Waals surface area contributed by atoms with E-state index in [4.69, 9.17) is 9.68 Å². The Morgan fingerprint density at radius 3 is 2.84 bits per heavy atom. The summed E-state index contributed by atoms with van der Waals surface area (Å²) in [6.45, 7) is 2.97. The quantitative estimate of drug-likeness (QED) is 0.714. The number of hydrogen-bond donors (Lipinski definition) is 0. The summed E-state index contributed by atoms with van der Waals surface area (Å²) < 4.78 is 7.12. The summed E-state index contributed by atoms with van der Waals surface area (Å²) in [5.74, 6) is 0.648. The van der Waals surface area contributed by atoms with Crippen molar-refractivity contribution >= 4 is 0 Å². The van der Waals surface area contributed by atoms with E-state index in [-0.39, 0.29) is 0 Å². The highest BCUT2D eigenvalue weighted by molar-refractivity contribution is 5.58. The second kappa shape index (κ2) is 6.74. The first-order valence-corrected chi connectivity index (χ1v) is 6.74. The van der Waals surface area contributed by atoms with Crippen LogP contribution in [0.3, 0.4) is 0 Å². The first-order chi connectivity index (χ1) is 9.36. The Labute approximate surface area is 112 Å². The number of hydrogen-bond acceptors (Lipinski definition) is 4. The second-order valence-corrected chi connectivity index (χ2v) is 4.51. The van der Waals surface area contributed by atoms with Gasteiger partial charge in [0.1, 0.15) is 11.8 Å². The number of aryl methyl sites for hydroxylation is 1. The lowest BCUT2D eigenvalue weighted by Gasteiger charge is -2.04. The normalized spacial score (nSPS) is 10.5. The summed E-state index contributed by atoms with van der Waals surface area (Å²) in [5.41, 5.74) is 1.01. The van der Waals surface area contributed by atoms with Gasteiger partial charge in [-0.2, -0.15) is 5.26 Å². The Bertz CT molecular complexity index is 536. The molecule has 0 unspecified atom stereocenters.